The smallest absolute Gasteiger partial charge is 0.234 e. The number of carbonyl (C=O) groups is 1. The minimum atomic E-state index is -0.0314. The van der Waals surface area contributed by atoms with Crippen molar-refractivity contribution in [2.24, 2.45) is 0 Å². The standard InChI is InChI=1S/C20H19BrN2OS/c1-12-5-4-6-16-13(2)10-19(23-20(12)16)25-11-18(24)22-15-7-8-17(21)14(3)9-15/h4-10H,11H2,1-3H3,(H,22,24). The normalized spacial score (nSPS) is 10.9. The van der Waals surface area contributed by atoms with E-state index in [4.69, 9.17) is 4.98 Å². The van der Waals surface area contributed by atoms with Crippen LogP contribution in [-0.4, -0.2) is 16.6 Å². The highest BCUT2D eigenvalue weighted by atomic mass is 79.9. The van der Waals surface area contributed by atoms with E-state index < -0.39 is 0 Å². The number of nitrogens with zero attached hydrogens (tertiary/aromatic N) is 1. The predicted octanol–water partition coefficient (Wildman–Crippen LogP) is 5.65. The van der Waals surface area contributed by atoms with Crippen LogP contribution in [0.25, 0.3) is 10.9 Å². The van der Waals surface area contributed by atoms with Crippen molar-refractivity contribution in [2.75, 3.05) is 11.1 Å². The summed E-state index contributed by atoms with van der Waals surface area (Å²) < 4.78 is 1.03. The van der Waals surface area contributed by atoms with E-state index >= 15 is 0 Å². The fraction of sp³-hybridized carbons (Fsp3) is 0.200. The highest BCUT2D eigenvalue weighted by molar-refractivity contribution is 9.10. The lowest BCUT2D eigenvalue weighted by Gasteiger charge is -2.09. The van der Waals surface area contributed by atoms with Crippen molar-refractivity contribution in [1.82, 2.24) is 4.98 Å². The van der Waals surface area contributed by atoms with Gasteiger partial charge in [0.1, 0.15) is 0 Å². The summed E-state index contributed by atoms with van der Waals surface area (Å²) in [5.41, 5.74) is 5.24. The van der Waals surface area contributed by atoms with Crippen LogP contribution >= 0.6 is 27.7 Å². The number of hydrogen-bond acceptors (Lipinski definition) is 3. The van der Waals surface area contributed by atoms with Crippen LogP contribution in [0.3, 0.4) is 0 Å². The zero-order valence-corrected chi connectivity index (χ0v) is 16.8. The largest absolute Gasteiger partial charge is 0.325 e. The summed E-state index contributed by atoms with van der Waals surface area (Å²) in [5.74, 6) is 0.301. The summed E-state index contributed by atoms with van der Waals surface area (Å²) in [6.45, 7) is 6.14. The second kappa shape index (κ2) is 7.58. The summed E-state index contributed by atoms with van der Waals surface area (Å²) in [6.07, 6.45) is 0. The summed E-state index contributed by atoms with van der Waals surface area (Å²) in [7, 11) is 0. The zero-order chi connectivity index (χ0) is 18.0. The molecule has 3 aromatic rings. The molecule has 0 aliphatic heterocycles. The molecule has 0 saturated carbocycles. The van der Waals surface area contributed by atoms with Gasteiger partial charge in [-0.3, -0.25) is 4.79 Å². The Morgan fingerprint density at radius 3 is 2.64 bits per heavy atom. The first-order valence-corrected chi connectivity index (χ1v) is 9.77. The van der Waals surface area contributed by atoms with Crippen LogP contribution in [-0.2, 0) is 4.79 Å². The Hall–Kier alpha value is -1.85. The third-order valence-corrected chi connectivity index (χ3v) is 5.82. The number of hydrogen-bond donors (Lipinski definition) is 1. The molecule has 1 N–H and O–H groups in total. The molecule has 2 aromatic carbocycles. The number of benzene rings is 2. The number of pyridine rings is 1. The van der Waals surface area contributed by atoms with Gasteiger partial charge in [-0.05, 0) is 61.7 Å². The Morgan fingerprint density at radius 1 is 1.08 bits per heavy atom. The van der Waals surface area contributed by atoms with Gasteiger partial charge in [0, 0.05) is 15.5 Å². The average Bonchev–Trinajstić information content (AvgIpc) is 2.57. The van der Waals surface area contributed by atoms with Crippen LogP contribution in [0.15, 0.2) is 52.0 Å². The Kier molecular flexibility index (Phi) is 5.45. The van der Waals surface area contributed by atoms with Crippen molar-refractivity contribution in [3.05, 3.63) is 63.6 Å². The van der Waals surface area contributed by atoms with E-state index in [-0.39, 0.29) is 5.91 Å². The molecule has 0 saturated heterocycles. The Morgan fingerprint density at radius 2 is 1.88 bits per heavy atom. The van der Waals surface area contributed by atoms with Gasteiger partial charge < -0.3 is 5.32 Å². The van der Waals surface area contributed by atoms with Crippen LogP contribution in [0, 0.1) is 20.8 Å². The average molecular weight is 415 g/mol. The van der Waals surface area contributed by atoms with Gasteiger partial charge in [0.2, 0.25) is 5.91 Å². The van der Waals surface area contributed by atoms with E-state index in [1.165, 1.54) is 22.7 Å². The molecule has 1 heterocycles. The summed E-state index contributed by atoms with van der Waals surface area (Å²) in [4.78, 5) is 16.9. The van der Waals surface area contributed by atoms with Gasteiger partial charge in [0.15, 0.2) is 0 Å². The Balaban J connectivity index is 1.70. The third-order valence-electron chi connectivity index (χ3n) is 4.02. The number of anilines is 1. The van der Waals surface area contributed by atoms with Crippen molar-refractivity contribution in [2.45, 2.75) is 25.8 Å². The molecule has 3 rings (SSSR count). The van der Waals surface area contributed by atoms with Crippen molar-refractivity contribution < 1.29 is 4.79 Å². The molecule has 128 valence electrons. The zero-order valence-electron chi connectivity index (χ0n) is 14.4. The Bertz CT molecular complexity index is 956. The van der Waals surface area contributed by atoms with Gasteiger partial charge in [0.05, 0.1) is 16.3 Å². The third kappa shape index (κ3) is 4.22. The SMILES string of the molecule is Cc1cc(NC(=O)CSc2cc(C)c3cccc(C)c3n2)ccc1Br. The minimum absolute atomic E-state index is 0.0314. The van der Waals surface area contributed by atoms with Crippen molar-refractivity contribution in [1.29, 1.82) is 0 Å². The molecule has 1 amide bonds. The lowest BCUT2D eigenvalue weighted by molar-refractivity contribution is -0.113. The van der Waals surface area contributed by atoms with Crippen molar-refractivity contribution in [3.8, 4) is 0 Å². The number of rotatable bonds is 4. The van der Waals surface area contributed by atoms with E-state index in [0.717, 1.165) is 31.8 Å². The first-order chi connectivity index (χ1) is 11.9. The molecule has 3 nitrogen and oxygen atoms in total. The van der Waals surface area contributed by atoms with E-state index in [1.807, 2.05) is 37.3 Å². The van der Waals surface area contributed by atoms with E-state index in [1.54, 1.807) is 0 Å². The first kappa shape index (κ1) is 18.0. The molecule has 5 heteroatoms. The van der Waals surface area contributed by atoms with Gasteiger partial charge in [-0.1, -0.05) is 45.9 Å². The number of thioether (sulfide) groups is 1. The molecule has 0 aliphatic rings. The molecule has 0 spiro atoms. The number of aromatic nitrogens is 1. The molecule has 25 heavy (non-hydrogen) atoms. The van der Waals surface area contributed by atoms with Gasteiger partial charge >= 0.3 is 0 Å². The predicted molar refractivity (Wildman–Crippen MR) is 109 cm³/mol. The summed E-state index contributed by atoms with van der Waals surface area (Å²) in [6, 6.07) is 14.0. The second-order valence-corrected chi connectivity index (χ2v) is 7.90. The van der Waals surface area contributed by atoms with Gasteiger partial charge in [-0.25, -0.2) is 4.98 Å². The number of amides is 1. The monoisotopic (exact) mass is 414 g/mol. The fourth-order valence-electron chi connectivity index (χ4n) is 2.66. The van der Waals surface area contributed by atoms with Crippen LogP contribution in [0.1, 0.15) is 16.7 Å². The molecule has 1 aromatic heterocycles. The van der Waals surface area contributed by atoms with Crippen LogP contribution in [0.2, 0.25) is 0 Å². The van der Waals surface area contributed by atoms with E-state index in [9.17, 15) is 4.79 Å². The van der Waals surface area contributed by atoms with Crippen LogP contribution < -0.4 is 5.32 Å². The molecular formula is C20H19BrN2OS. The topological polar surface area (TPSA) is 42.0 Å². The Labute approximate surface area is 160 Å². The maximum atomic E-state index is 12.2. The first-order valence-electron chi connectivity index (χ1n) is 8.00. The number of para-hydroxylation sites is 1. The molecular weight excluding hydrogens is 396 g/mol. The van der Waals surface area contributed by atoms with E-state index in [2.05, 4.69) is 47.2 Å². The molecule has 0 unspecified atom stereocenters. The lowest BCUT2D eigenvalue weighted by Crippen LogP contribution is -2.14. The van der Waals surface area contributed by atoms with Crippen molar-refractivity contribution in [3.63, 3.8) is 0 Å². The highest BCUT2D eigenvalue weighted by Crippen LogP contribution is 2.26. The van der Waals surface area contributed by atoms with E-state index in [0.29, 0.717) is 5.75 Å². The second-order valence-electron chi connectivity index (χ2n) is 6.05. The van der Waals surface area contributed by atoms with Crippen LogP contribution in [0.5, 0.6) is 0 Å². The summed E-state index contributed by atoms with van der Waals surface area (Å²) in [5, 5.41) is 4.98. The minimum Gasteiger partial charge on any atom is -0.325 e. The molecule has 0 radical (unpaired) electrons. The number of carbonyl (C=O) groups excluding carboxylic acids is 1. The molecule has 0 bridgehead atoms. The summed E-state index contributed by atoms with van der Waals surface area (Å²) >= 11 is 4.92. The number of aryl methyl sites for hydroxylation is 3. The molecule has 0 atom stereocenters. The van der Waals surface area contributed by atoms with Crippen LogP contribution in [0.4, 0.5) is 5.69 Å². The van der Waals surface area contributed by atoms with Crippen molar-refractivity contribution >= 4 is 50.2 Å². The highest BCUT2D eigenvalue weighted by Gasteiger charge is 2.09. The van der Waals surface area contributed by atoms with Gasteiger partial charge in [-0.2, -0.15) is 0 Å². The number of fused-ring (bicyclic) bond motifs is 1. The lowest BCUT2D eigenvalue weighted by atomic mass is 10.1. The fourth-order valence-corrected chi connectivity index (χ4v) is 3.68. The molecule has 0 aliphatic carbocycles. The molecule has 0 fully saturated rings. The number of nitrogens with one attached hydrogen (secondary N) is 1. The maximum absolute atomic E-state index is 12.2. The quantitative estimate of drug-likeness (QED) is 0.560. The number of halogens is 1. The van der Waals surface area contributed by atoms with Gasteiger partial charge in [-0.15, -0.1) is 0 Å². The maximum Gasteiger partial charge on any atom is 0.234 e. The van der Waals surface area contributed by atoms with Gasteiger partial charge in [0.25, 0.3) is 0 Å².